The van der Waals surface area contributed by atoms with Crippen LogP contribution in [0.5, 0.6) is 11.6 Å². The van der Waals surface area contributed by atoms with E-state index in [4.69, 9.17) is 4.74 Å². The number of hydrogen-bond donors (Lipinski definition) is 2. The van der Waals surface area contributed by atoms with Gasteiger partial charge in [0, 0.05) is 30.4 Å². The number of benzene rings is 1. The summed E-state index contributed by atoms with van der Waals surface area (Å²) >= 11 is 0. The lowest BCUT2D eigenvalue weighted by Gasteiger charge is -2.16. The third kappa shape index (κ3) is 3.45. The maximum atomic E-state index is 13.2. The monoisotopic (exact) mass is 276 g/mol. The van der Waals surface area contributed by atoms with Crippen molar-refractivity contribution in [2.75, 3.05) is 7.11 Å². The topological polar surface area (TPSA) is 54.4 Å². The molecule has 106 valence electrons. The zero-order chi connectivity index (χ0) is 14.5. The number of nitrogens with zero attached hydrogens (tertiary/aromatic N) is 1. The zero-order valence-corrected chi connectivity index (χ0v) is 11.4. The van der Waals surface area contributed by atoms with E-state index in [1.54, 1.807) is 13.3 Å². The lowest BCUT2D eigenvalue weighted by atomic mass is 10.1. The van der Waals surface area contributed by atoms with Gasteiger partial charge < -0.3 is 15.2 Å². The maximum absolute atomic E-state index is 13.2. The Balaban J connectivity index is 2.04. The third-order valence-corrected chi connectivity index (χ3v) is 3.08. The molecule has 2 rings (SSSR count). The number of halogens is 1. The highest BCUT2D eigenvalue weighted by Crippen LogP contribution is 2.25. The number of phenols is 1. The minimum Gasteiger partial charge on any atom is -0.508 e. The third-order valence-electron chi connectivity index (χ3n) is 3.08. The van der Waals surface area contributed by atoms with Crippen molar-refractivity contribution in [1.82, 2.24) is 10.3 Å². The van der Waals surface area contributed by atoms with Crippen molar-refractivity contribution < 1.29 is 14.2 Å². The van der Waals surface area contributed by atoms with E-state index in [0.29, 0.717) is 18.0 Å². The summed E-state index contributed by atoms with van der Waals surface area (Å²) in [4.78, 5) is 4.03. The van der Waals surface area contributed by atoms with Crippen LogP contribution in [0.25, 0.3) is 0 Å². The van der Waals surface area contributed by atoms with Crippen molar-refractivity contribution in [2.24, 2.45) is 0 Å². The first kappa shape index (κ1) is 14.3. The van der Waals surface area contributed by atoms with E-state index in [2.05, 4.69) is 10.3 Å². The molecule has 1 aromatic carbocycles. The molecule has 0 aliphatic carbocycles. The normalized spacial score (nSPS) is 12.2. The summed E-state index contributed by atoms with van der Waals surface area (Å²) < 4.78 is 18.3. The molecule has 0 radical (unpaired) electrons. The molecule has 1 unspecified atom stereocenters. The summed E-state index contributed by atoms with van der Waals surface area (Å²) in [6.45, 7) is 2.43. The number of phenolic OH excluding ortho intramolecular Hbond substituents is 1. The molecular weight excluding hydrogens is 259 g/mol. The highest BCUT2D eigenvalue weighted by atomic mass is 19.1. The number of methoxy groups -OCH3 is 1. The van der Waals surface area contributed by atoms with Crippen LogP contribution in [0, 0.1) is 5.82 Å². The lowest BCUT2D eigenvalue weighted by Crippen LogP contribution is -2.18. The summed E-state index contributed by atoms with van der Waals surface area (Å²) in [6, 6.07) is 7.45. The second-order valence-electron chi connectivity index (χ2n) is 4.51. The zero-order valence-electron chi connectivity index (χ0n) is 11.4. The van der Waals surface area contributed by atoms with Crippen LogP contribution in [-0.4, -0.2) is 17.2 Å². The first-order valence-corrected chi connectivity index (χ1v) is 6.31. The molecule has 0 aliphatic rings. The van der Waals surface area contributed by atoms with Crippen LogP contribution in [0.4, 0.5) is 4.39 Å². The highest BCUT2D eigenvalue weighted by Gasteiger charge is 2.11. The molecule has 1 atom stereocenters. The van der Waals surface area contributed by atoms with E-state index in [0.717, 1.165) is 5.56 Å². The Morgan fingerprint density at radius 1 is 1.35 bits per heavy atom. The molecule has 4 nitrogen and oxygen atoms in total. The molecule has 1 heterocycles. The van der Waals surface area contributed by atoms with Crippen molar-refractivity contribution in [3.05, 3.63) is 53.5 Å². The first-order valence-electron chi connectivity index (χ1n) is 6.31. The Morgan fingerprint density at radius 2 is 2.15 bits per heavy atom. The first-order chi connectivity index (χ1) is 9.60. The Morgan fingerprint density at radius 3 is 2.90 bits per heavy atom. The van der Waals surface area contributed by atoms with E-state index >= 15 is 0 Å². The molecular formula is C15H17FN2O2. The predicted octanol–water partition coefficient (Wildman–Crippen LogP) is 2.79. The maximum Gasteiger partial charge on any atom is 0.213 e. The van der Waals surface area contributed by atoms with E-state index < -0.39 is 0 Å². The van der Waals surface area contributed by atoms with E-state index in [-0.39, 0.29) is 17.6 Å². The van der Waals surface area contributed by atoms with Gasteiger partial charge in [0.15, 0.2) is 0 Å². The molecule has 5 heteroatoms. The summed E-state index contributed by atoms with van der Waals surface area (Å²) in [5.74, 6) is 0.265. The summed E-state index contributed by atoms with van der Waals surface area (Å²) in [5.41, 5.74) is 1.53. The van der Waals surface area contributed by atoms with Gasteiger partial charge in [-0.25, -0.2) is 9.37 Å². The van der Waals surface area contributed by atoms with Gasteiger partial charge in [-0.2, -0.15) is 0 Å². The standard InChI is InChI=1S/C15H17FN2O2/c1-10(13-8-12(16)3-4-14(13)19)18-9-11-5-6-17-15(7-11)20-2/h3-8,10,18-19H,9H2,1-2H3. The molecule has 1 aromatic heterocycles. The average molecular weight is 276 g/mol. The quantitative estimate of drug-likeness (QED) is 0.881. The van der Waals surface area contributed by atoms with Crippen LogP contribution in [0.15, 0.2) is 36.5 Å². The van der Waals surface area contributed by atoms with Crippen LogP contribution in [-0.2, 0) is 6.54 Å². The fraction of sp³-hybridized carbons (Fsp3) is 0.267. The van der Waals surface area contributed by atoms with Gasteiger partial charge in [-0.15, -0.1) is 0 Å². The molecule has 0 bridgehead atoms. The molecule has 0 aliphatic heterocycles. The number of hydrogen-bond acceptors (Lipinski definition) is 4. The molecule has 0 saturated carbocycles. The number of aromatic hydroxyl groups is 1. The van der Waals surface area contributed by atoms with Crippen LogP contribution in [0.1, 0.15) is 24.1 Å². The number of pyridine rings is 1. The van der Waals surface area contributed by atoms with Gasteiger partial charge in [0.25, 0.3) is 0 Å². The lowest BCUT2D eigenvalue weighted by molar-refractivity contribution is 0.396. The molecule has 0 saturated heterocycles. The second kappa shape index (κ2) is 6.34. The number of ether oxygens (including phenoxy) is 1. The summed E-state index contributed by atoms with van der Waals surface area (Å²) in [5, 5.41) is 13.0. The van der Waals surface area contributed by atoms with Crippen LogP contribution in [0.2, 0.25) is 0 Å². The highest BCUT2D eigenvalue weighted by molar-refractivity contribution is 5.35. The summed E-state index contributed by atoms with van der Waals surface area (Å²) in [6.07, 6.45) is 1.67. The fourth-order valence-electron chi connectivity index (χ4n) is 1.93. The van der Waals surface area contributed by atoms with E-state index in [1.165, 1.54) is 18.2 Å². The van der Waals surface area contributed by atoms with Gasteiger partial charge in [-0.3, -0.25) is 0 Å². The van der Waals surface area contributed by atoms with Gasteiger partial charge in [-0.1, -0.05) is 0 Å². The number of aromatic nitrogens is 1. The molecule has 2 aromatic rings. The predicted molar refractivity (Wildman–Crippen MR) is 74.1 cm³/mol. The van der Waals surface area contributed by atoms with Crippen molar-refractivity contribution >= 4 is 0 Å². The fourth-order valence-corrected chi connectivity index (χ4v) is 1.93. The minimum atomic E-state index is -0.364. The molecule has 0 amide bonds. The van der Waals surface area contributed by atoms with Crippen molar-refractivity contribution in [3.63, 3.8) is 0 Å². The van der Waals surface area contributed by atoms with Gasteiger partial charge >= 0.3 is 0 Å². The second-order valence-corrected chi connectivity index (χ2v) is 4.51. The van der Waals surface area contributed by atoms with Crippen LogP contribution >= 0.6 is 0 Å². The van der Waals surface area contributed by atoms with Crippen molar-refractivity contribution in [1.29, 1.82) is 0 Å². The van der Waals surface area contributed by atoms with E-state index in [1.807, 2.05) is 19.1 Å². The van der Waals surface area contributed by atoms with Crippen LogP contribution in [0.3, 0.4) is 0 Å². The average Bonchev–Trinajstić information content (AvgIpc) is 2.47. The smallest absolute Gasteiger partial charge is 0.213 e. The number of nitrogens with one attached hydrogen (secondary N) is 1. The number of rotatable bonds is 5. The molecule has 0 fully saturated rings. The van der Waals surface area contributed by atoms with Gasteiger partial charge in [-0.05, 0) is 36.8 Å². The Bertz CT molecular complexity index is 590. The largest absolute Gasteiger partial charge is 0.508 e. The van der Waals surface area contributed by atoms with Gasteiger partial charge in [0.05, 0.1) is 7.11 Å². The van der Waals surface area contributed by atoms with E-state index in [9.17, 15) is 9.50 Å². The van der Waals surface area contributed by atoms with Crippen molar-refractivity contribution in [2.45, 2.75) is 19.5 Å². The SMILES string of the molecule is COc1cc(CNC(C)c2cc(F)ccc2O)ccn1. The van der Waals surface area contributed by atoms with Gasteiger partial charge in [0.2, 0.25) is 5.88 Å². The minimum absolute atomic E-state index is 0.0821. The van der Waals surface area contributed by atoms with Crippen molar-refractivity contribution in [3.8, 4) is 11.6 Å². The van der Waals surface area contributed by atoms with Gasteiger partial charge in [0.1, 0.15) is 11.6 Å². The van der Waals surface area contributed by atoms with Crippen LogP contribution < -0.4 is 10.1 Å². The Kier molecular flexibility index (Phi) is 4.53. The molecule has 20 heavy (non-hydrogen) atoms. The Hall–Kier alpha value is -2.14. The Labute approximate surface area is 117 Å². The molecule has 2 N–H and O–H groups in total. The summed E-state index contributed by atoms with van der Waals surface area (Å²) in [7, 11) is 1.56. The molecule has 0 spiro atoms.